The average molecular weight is 372 g/mol. The van der Waals surface area contributed by atoms with E-state index in [1.165, 1.54) is 36.3 Å². The molecule has 0 spiro atoms. The number of cyclic esters (lactones) is 1. The number of nitrogens with one attached hydrogen (secondary N) is 1. The van der Waals surface area contributed by atoms with E-state index in [4.69, 9.17) is 4.74 Å². The van der Waals surface area contributed by atoms with Crippen LogP contribution >= 0.6 is 0 Å². The largest absolute Gasteiger partial charge is 0.442 e. The van der Waals surface area contributed by atoms with E-state index in [9.17, 15) is 14.0 Å². The van der Waals surface area contributed by atoms with Gasteiger partial charge in [-0.15, -0.1) is 0 Å². The molecule has 1 N–H and O–H groups in total. The molecule has 1 unspecified atom stereocenters. The second kappa shape index (κ2) is 6.21. The van der Waals surface area contributed by atoms with Crippen LogP contribution in [0.15, 0.2) is 24.3 Å². The molecule has 1 saturated heterocycles. The fourth-order valence-corrected chi connectivity index (χ4v) is 6.24. The molecule has 1 aromatic rings. The molecular weight excluding hydrogens is 347 g/mol. The Hall–Kier alpha value is -2.11. The number of carbonyl (C=O) groups is 2. The first-order valence-electron chi connectivity index (χ1n) is 10.0. The maximum absolute atomic E-state index is 13.1. The number of halogens is 1. The number of benzene rings is 1. The molecule has 144 valence electrons. The topological polar surface area (TPSA) is 58.6 Å². The third kappa shape index (κ3) is 2.99. The monoisotopic (exact) mass is 372 g/mol. The van der Waals surface area contributed by atoms with Gasteiger partial charge in [0.2, 0.25) is 5.91 Å². The predicted molar refractivity (Wildman–Crippen MR) is 97.6 cm³/mol. The van der Waals surface area contributed by atoms with Gasteiger partial charge in [0.25, 0.3) is 0 Å². The van der Waals surface area contributed by atoms with Crippen molar-refractivity contribution >= 4 is 17.7 Å². The molecule has 0 radical (unpaired) electrons. The Balaban J connectivity index is 1.20. The zero-order chi connectivity index (χ0) is 18.6. The Kier molecular flexibility index (Phi) is 3.92. The zero-order valence-corrected chi connectivity index (χ0v) is 15.3. The third-order valence-corrected chi connectivity index (χ3v) is 7.02. The molecule has 2 amide bonds. The van der Waals surface area contributed by atoms with Crippen molar-refractivity contribution in [2.45, 2.75) is 44.6 Å². The van der Waals surface area contributed by atoms with E-state index < -0.39 is 6.09 Å². The lowest BCUT2D eigenvalue weighted by atomic mass is 9.49. The smallest absolute Gasteiger partial charge is 0.414 e. The molecule has 4 saturated carbocycles. The number of hydrogen-bond donors (Lipinski definition) is 1. The molecular formula is C21H25FN2O3. The zero-order valence-electron chi connectivity index (χ0n) is 15.3. The molecule has 6 heteroatoms. The first-order chi connectivity index (χ1) is 13.0. The van der Waals surface area contributed by atoms with Gasteiger partial charge in [-0.3, -0.25) is 9.69 Å². The maximum atomic E-state index is 13.1. The predicted octanol–water partition coefficient (Wildman–Crippen LogP) is 3.48. The lowest BCUT2D eigenvalue weighted by Gasteiger charge is -2.55. The molecule has 5 nitrogen and oxygen atoms in total. The van der Waals surface area contributed by atoms with E-state index in [0.717, 1.165) is 37.0 Å². The van der Waals surface area contributed by atoms with Gasteiger partial charge < -0.3 is 10.1 Å². The van der Waals surface area contributed by atoms with Crippen molar-refractivity contribution in [3.05, 3.63) is 30.1 Å². The van der Waals surface area contributed by atoms with Gasteiger partial charge in [-0.25, -0.2) is 9.18 Å². The molecule has 4 aliphatic carbocycles. The minimum absolute atomic E-state index is 0.151. The fraction of sp³-hybridized carbons (Fsp3) is 0.619. The Labute approximate surface area is 158 Å². The number of ether oxygens (including phenoxy) is 1. The van der Waals surface area contributed by atoms with Crippen LogP contribution in [-0.2, 0) is 9.53 Å². The van der Waals surface area contributed by atoms with Gasteiger partial charge in [0.1, 0.15) is 11.9 Å². The Morgan fingerprint density at radius 2 is 1.70 bits per heavy atom. The summed E-state index contributed by atoms with van der Waals surface area (Å²) in [5, 5.41) is 3.08. The van der Waals surface area contributed by atoms with Crippen molar-refractivity contribution in [2.75, 3.05) is 18.0 Å². The van der Waals surface area contributed by atoms with E-state index in [1.807, 2.05) is 0 Å². The minimum Gasteiger partial charge on any atom is -0.442 e. The highest BCUT2D eigenvalue weighted by molar-refractivity contribution is 5.90. The molecule has 4 bridgehead atoms. The number of anilines is 1. The Morgan fingerprint density at radius 3 is 2.30 bits per heavy atom. The number of nitrogens with zero attached hydrogens (tertiary/aromatic N) is 1. The van der Waals surface area contributed by atoms with Gasteiger partial charge in [0.05, 0.1) is 13.1 Å². The van der Waals surface area contributed by atoms with Gasteiger partial charge in [0, 0.05) is 11.1 Å². The summed E-state index contributed by atoms with van der Waals surface area (Å²) >= 11 is 0. The molecule has 0 aromatic heterocycles. The van der Waals surface area contributed by atoms with Crippen molar-refractivity contribution in [3.63, 3.8) is 0 Å². The van der Waals surface area contributed by atoms with Crippen LogP contribution in [0.4, 0.5) is 14.9 Å². The van der Waals surface area contributed by atoms with E-state index in [0.29, 0.717) is 18.8 Å². The molecule has 1 atom stereocenters. The van der Waals surface area contributed by atoms with Crippen LogP contribution in [0.2, 0.25) is 0 Å². The molecule has 5 aliphatic rings. The van der Waals surface area contributed by atoms with Crippen LogP contribution in [0.5, 0.6) is 0 Å². The van der Waals surface area contributed by atoms with Crippen LogP contribution < -0.4 is 10.2 Å². The highest BCUT2D eigenvalue weighted by atomic mass is 19.1. The third-order valence-electron chi connectivity index (χ3n) is 7.02. The first-order valence-corrected chi connectivity index (χ1v) is 10.0. The van der Waals surface area contributed by atoms with Gasteiger partial charge in [0.15, 0.2) is 0 Å². The summed E-state index contributed by atoms with van der Waals surface area (Å²) in [6.45, 7) is 0.704. The number of carbonyl (C=O) groups excluding carboxylic acids is 2. The molecule has 1 heterocycles. The van der Waals surface area contributed by atoms with Gasteiger partial charge >= 0.3 is 6.09 Å². The highest BCUT2D eigenvalue weighted by Crippen LogP contribution is 2.60. The van der Waals surface area contributed by atoms with Crippen molar-refractivity contribution in [3.8, 4) is 0 Å². The Morgan fingerprint density at radius 1 is 1.11 bits per heavy atom. The quantitative estimate of drug-likeness (QED) is 0.880. The van der Waals surface area contributed by atoms with Crippen LogP contribution in [0.3, 0.4) is 0 Å². The van der Waals surface area contributed by atoms with Crippen LogP contribution in [0.25, 0.3) is 0 Å². The summed E-state index contributed by atoms with van der Waals surface area (Å²) < 4.78 is 18.5. The highest BCUT2D eigenvalue weighted by Gasteiger charge is 2.54. The maximum Gasteiger partial charge on any atom is 0.414 e. The van der Waals surface area contributed by atoms with Crippen molar-refractivity contribution in [2.24, 2.45) is 23.2 Å². The number of amides is 2. The molecule has 1 aliphatic heterocycles. The lowest BCUT2D eigenvalue weighted by molar-refractivity contribution is -0.146. The molecule has 5 fully saturated rings. The second-order valence-electron chi connectivity index (χ2n) is 9.00. The summed E-state index contributed by atoms with van der Waals surface area (Å²) in [6.07, 6.45) is 6.17. The average Bonchev–Trinajstić information content (AvgIpc) is 3.00. The standard InChI is InChI=1S/C21H25FN2O3/c22-16-1-3-17(4-2-16)24-12-18(27-20(24)26)11-23-19(25)21-8-13-5-14(9-21)7-15(6-13)10-21/h1-4,13-15,18H,5-12H2,(H,23,25). The van der Waals surface area contributed by atoms with Gasteiger partial charge in [-0.05, 0) is 80.5 Å². The SMILES string of the molecule is O=C1OC(CNC(=O)C23CC4CC(CC(C4)C2)C3)CN1c1ccc(F)cc1. The van der Waals surface area contributed by atoms with E-state index in [1.54, 1.807) is 12.1 Å². The van der Waals surface area contributed by atoms with Crippen molar-refractivity contribution < 1.29 is 18.7 Å². The molecule has 27 heavy (non-hydrogen) atoms. The van der Waals surface area contributed by atoms with Gasteiger partial charge in [-0.1, -0.05) is 0 Å². The summed E-state index contributed by atoms with van der Waals surface area (Å²) in [5.41, 5.74) is 0.421. The summed E-state index contributed by atoms with van der Waals surface area (Å²) in [7, 11) is 0. The fourth-order valence-electron chi connectivity index (χ4n) is 6.24. The molecule has 1 aromatic carbocycles. The second-order valence-corrected chi connectivity index (χ2v) is 9.00. The summed E-state index contributed by atoms with van der Waals surface area (Å²) in [4.78, 5) is 26.6. The number of rotatable bonds is 4. The summed E-state index contributed by atoms with van der Waals surface area (Å²) in [5.74, 6) is 1.98. The summed E-state index contributed by atoms with van der Waals surface area (Å²) in [6, 6.07) is 5.77. The number of hydrogen-bond acceptors (Lipinski definition) is 3. The lowest BCUT2D eigenvalue weighted by Crippen LogP contribution is -2.54. The van der Waals surface area contributed by atoms with E-state index in [2.05, 4.69) is 5.32 Å². The molecule has 6 rings (SSSR count). The van der Waals surface area contributed by atoms with Crippen molar-refractivity contribution in [1.29, 1.82) is 0 Å². The Bertz CT molecular complexity index is 728. The van der Waals surface area contributed by atoms with E-state index in [-0.39, 0.29) is 23.2 Å². The van der Waals surface area contributed by atoms with Crippen LogP contribution in [0, 0.1) is 29.0 Å². The van der Waals surface area contributed by atoms with Crippen molar-refractivity contribution in [1.82, 2.24) is 5.32 Å². The van der Waals surface area contributed by atoms with Gasteiger partial charge in [-0.2, -0.15) is 0 Å². The van der Waals surface area contributed by atoms with E-state index >= 15 is 0 Å². The first kappa shape index (κ1) is 17.0. The minimum atomic E-state index is -0.448. The van der Waals surface area contributed by atoms with Crippen LogP contribution in [-0.4, -0.2) is 31.2 Å². The normalized spacial score (nSPS) is 36.8. The van der Waals surface area contributed by atoms with Crippen LogP contribution in [0.1, 0.15) is 38.5 Å².